The maximum atomic E-state index is 9.59. The molecule has 3 rings (SSSR count). The molecule has 0 aliphatic carbocycles. The highest BCUT2D eigenvalue weighted by Gasteiger charge is 2.33. The van der Waals surface area contributed by atoms with Crippen molar-refractivity contribution in [1.82, 2.24) is 14.7 Å². The van der Waals surface area contributed by atoms with Gasteiger partial charge in [0.05, 0.1) is 0 Å². The molecule has 1 N–H and O–H groups in total. The lowest BCUT2D eigenvalue weighted by molar-refractivity contribution is 0.00552. The number of likely N-dealkylation sites (tertiary alicyclic amines) is 1. The van der Waals surface area contributed by atoms with Gasteiger partial charge in [-0.3, -0.25) is 9.80 Å². The summed E-state index contributed by atoms with van der Waals surface area (Å²) in [5.41, 5.74) is 1.26. The van der Waals surface area contributed by atoms with Crippen LogP contribution in [0.3, 0.4) is 0 Å². The number of nitrogens with zero attached hydrogens (tertiary/aromatic N) is 3. The lowest BCUT2D eigenvalue weighted by Gasteiger charge is -2.48. The minimum absolute atomic E-state index is 0.291. The van der Waals surface area contributed by atoms with Crippen LogP contribution >= 0.6 is 0 Å². The number of piperazine rings is 1. The Morgan fingerprint density at radius 3 is 2.48 bits per heavy atom. The van der Waals surface area contributed by atoms with Gasteiger partial charge in [-0.15, -0.1) is 0 Å². The van der Waals surface area contributed by atoms with Gasteiger partial charge in [0.25, 0.3) is 0 Å². The minimum atomic E-state index is 0.291. The fourth-order valence-corrected chi connectivity index (χ4v) is 4.62. The van der Waals surface area contributed by atoms with E-state index in [4.69, 9.17) is 0 Å². The number of hydrogen-bond acceptors (Lipinski definition) is 4. The number of aliphatic hydroxyl groups is 1. The van der Waals surface area contributed by atoms with Gasteiger partial charge in [0.15, 0.2) is 0 Å². The molecule has 1 aromatic carbocycles. The van der Waals surface area contributed by atoms with Gasteiger partial charge in [-0.1, -0.05) is 42.5 Å². The highest BCUT2D eigenvalue weighted by Crippen LogP contribution is 2.24. The van der Waals surface area contributed by atoms with E-state index in [2.05, 4.69) is 71.0 Å². The molecule has 27 heavy (non-hydrogen) atoms. The minimum Gasteiger partial charge on any atom is -0.396 e. The van der Waals surface area contributed by atoms with Crippen molar-refractivity contribution < 1.29 is 5.11 Å². The number of aliphatic hydroxyl groups excluding tert-OH is 1. The summed E-state index contributed by atoms with van der Waals surface area (Å²) in [6, 6.07) is 12.4. The summed E-state index contributed by atoms with van der Waals surface area (Å²) >= 11 is 0. The molecule has 1 unspecified atom stereocenters. The molecule has 4 nitrogen and oxygen atoms in total. The molecule has 2 aliphatic rings. The fraction of sp³-hybridized carbons (Fsp3) is 0.652. The summed E-state index contributed by atoms with van der Waals surface area (Å²) in [4.78, 5) is 7.85. The quantitative estimate of drug-likeness (QED) is 0.798. The molecular weight excluding hydrogens is 334 g/mol. The number of piperidine rings is 1. The summed E-state index contributed by atoms with van der Waals surface area (Å²) in [6.07, 6.45) is 7.93. The van der Waals surface area contributed by atoms with Gasteiger partial charge < -0.3 is 10.0 Å². The van der Waals surface area contributed by atoms with Gasteiger partial charge in [0.2, 0.25) is 0 Å². The van der Waals surface area contributed by atoms with Crippen LogP contribution in [0.4, 0.5) is 0 Å². The average Bonchev–Trinajstić information content (AvgIpc) is 2.69. The maximum absolute atomic E-state index is 9.59. The molecule has 0 aromatic heterocycles. The normalized spacial score (nSPS) is 24.2. The molecule has 0 saturated carbocycles. The highest BCUT2D eigenvalue weighted by atomic mass is 16.3. The predicted molar refractivity (Wildman–Crippen MR) is 114 cm³/mol. The molecule has 2 saturated heterocycles. The first-order valence-electron chi connectivity index (χ1n) is 10.7. The van der Waals surface area contributed by atoms with Gasteiger partial charge in [0, 0.05) is 50.9 Å². The molecule has 2 fully saturated rings. The smallest absolute Gasteiger partial charge is 0.0446 e. The van der Waals surface area contributed by atoms with E-state index in [0.717, 1.165) is 32.6 Å². The van der Waals surface area contributed by atoms with Crippen molar-refractivity contribution in [3.63, 3.8) is 0 Å². The highest BCUT2D eigenvalue weighted by molar-refractivity contribution is 5.48. The van der Waals surface area contributed by atoms with E-state index in [1.54, 1.807) is 0 Å². The Labute approximate surface area is 165 Å². The van der Waals surface area contributed by atoms with Crippen LogP contribution < -0.4 is 0 Å². The van der Waals surface area contributed by atoms with Crippen LogP contribution in [0, 0.1) is 0 Å². The molecule has 0 radical (unpaired) electrons. The first kappa shape index (κ1) is 20.5. The largest absolute Gasteiger partial charge is 0.396 e. The van der Waals surface area contributed by atoms with Crippen molar-refractivity contribution in [3.05, 3.63) is 42.0 Å². The van der Waals surface area contributed by atoms with E-state index >= 15 is 0 Å². The molecule has 0 amide bonds. The Hall–Kier alpha value is -1.20. The lowest BCUT2D eigenvalue weighted by atomic mass is 9.97. The van der Waals surface area contributed by atoms with Crippen molar-refractivity contribution in [2.24, 2.45) is 0 Å². The Balaban J connectivity index is 1.51. The Kier molecular flexibility index (Phi) is 7.89. The molecule has 150 valence electrons. The van der Waals surface area contributed by atoms with Crippen LogP contribution in [0.2, 0.25) is 0 Å². The molecule has 1 aromatic rings. The lowest BCUT2D eigenvalue weighted by Crippen LogP contribution is -2.58. The average molecular weight is 372 g/mol. The molecule has 2 aliphatic heterocycles. The molecule has 2 heterocycles. The summed E-state index contributed by atoms with van der Waals surface area (Å²) < 4.78 is 0. The van der Waals surface area contributed by atoms with Gasteiger partial charge in [-0.25, -0.2) is 0 Å². The molecular formula is C23H37N3O. The zero-order valence-electron chi connectivity index (χ0n) is 17.1. The van der Waals surface area contributed by atoms with Crippen LogP contribution in [-0.4, -0.2) is 83.8 Å². The topological polar surface area (TPSA) is 30.0 Å². The second kappa shape index (κ2) is 10.4. The molecule has 0 bridgehead atoms. The van der Waals surface area contributed by atoms with E-state index in [0.29, 0.717) is 24.7 Å². The zero-order chi connectivity index (χ0) is 19.1. The molecule has 1 atom stereocenters. The van der Waals surface area contributed by atoms with E-state index in [-0.39, 0.29) is 0 Å². The van der Waals surface area contributed by atoms with Crippen molar-refractivity contribution >= 4 is 6.08 Å². The van der Waals surface area contributed by atoms with Crippen LogP contribution in [-0.2, 0) is 0 Å². The third-order valence-electron chi connectivity index (χ3n) is 6.25. The summed E-state index contributed by atoms with van der Waals surface area (Å²) in [6.45, 7) is 11.7. The number of benzene rings is 1. The van der Waals surface area contributed by atoms with E-state index in [1.807, 2.05) is 0 Å². The van der Waals surface area contributed by atoms with Gasteiger partial charge >= 0.3 is 0 Å². The standard InChI is InChI=1S/C23H37N3O/c1-20(2)25-14-10-22(11-15-25)26-17-16-24(19-23(26)12-18-27)13-6-9-21-7-4-3-5-8-21/h3-9,20,22-23,27H,10-19H2,1-2H3. The van der Waals surface area contributed by atoms with Gasteiger partial charge in [-0.2, -0.15) is 0 Å². The maximum Gasteiger partial charge on any atom is 0.0446 e. The fourth-order valence-electron chi connectivity index (χ4n) is 4.62. The second-order valence-electron chi connectivity index (χ2n) is 8.34. The van der Waals surface area contributed by atoms with Crippen molar-refractivity contribution in [2.45, 2.75) is 51.2 Å². The number of rotatable bonds is 7. The Morgan fingerprint density at radius 1 is 1.07 bits per heavy atom. The first-order chi connectivity index (χ1) is 13.2. The monoisotopic (exact) mass is 371 g/mol. The summed E-state index contributed by atoms with van der Waals surface area (Å²) in [5, 5.41) is 9.59. The van der Waals surface area contributed by atoms with Crippen molar-refractivity contribution in [2.75, 3.05) is 45.9 Å². The SMILES string of the molecule is CC(C)N1CCC(N2CCN(CC=Cc3ccccc3)CC2CCO)CC1. The van der Waals surface area contributed by atoms with E-state index in [1.165, 1.54) is 31.5 Å². The van der Waals surface area contributed by atoms with Crippen LogP contribution in [0.25, 0.3) is 6.08 Å². The van der Waals surface area contributed by atoms with Gasteiger partial charge in [-0.05, 0) is 51.8 Å². The Morgan fingerprint density at radius 2 is 1.81 bits per heavy atom. The predicted octanol–water partition coefficient (Wildman–Crippen LogP) is 2.94. The zero-order valence-corrected chi connectivity index (χ0v) is 17.1. The second-order valence-corrected chi connectivity index (χ2v) is 8.34. The molecule has 0 spiro atoms. The van der Waals surface area contributed by atoms with Crippen LogP contribution in [0.15, 0.2) is 36.4 Å². The molecule has 4 heteroatoms. The van der Waals surface area contributed by atoms with Crippen LogP contribution in [0.1, 0.15) is 38.7 Å². The third kappa shape index (κ3) is 5.89. The van der Waals surface area contributed by atoms with Crippen molar-refractivity contribution in [3.8, 4) is 0 Å². The van der Waals surface area contributed by atoms with Crippen LogP contribution in [0.5, 0.6) is 0 Å². The van der Waals surface area contributed by atoms with Gasteiger partial charge in [0.1, 0.15) is 0 Å². The number of hydrogen-bond donors (Lipinski definition) is 1. The first-order valence-corrected chi connectivity index (χ1v) is 10.7. The summed E-state index contributed by atoms with van der Waals surface area (Å²) in [7, 11) is 0. The third-order valence-corrected chi connectivity index (χ3v) is 6.25. The van der Waals surface area contributed by atoms with E-state index in [9.17, 15) is 5.11 Å². The van der Waals surface area contributed by atoms with E-state index < -0.39 is 0 Å². The van der Waals surface area contributed by atoms with Crippen molar-refractivity contribution in [1.29, 1.82) is 0 Å². The summed E-state index contributed by atoms with van der Waals surface area (Å²) in [5.74, 6) is 0. The Bertz CT molecular complexity index is 566.